The Kier molecular flexibility index (Phi) is 7.33. The van der Waals surface area contributed by atoms with E-state index in [0.29, 0.717) is 12.6 Å². The van der Waals surface area contributed by atoms with Crippen molar-refractivity contribution in [2.24, 2.45) is 0 Å². The number of amides is 2. The second-order valence-corrected chi connectivity index (χ2v) is 9.44. The van der Waals surface area contributed by atoms with Gasteiger partial charge in [0.25, 0.3) is 0 Å². The number of piperidine rings is 1. The van der Waals surface area contributed by atoms with E-state index in [1.165, 1.54) is 19.3 Å². The van der Waals surface area contributed by atoms with Gasteiger partial charge in [-0.05, 0) is 25.7 Å². The molecule has 7 nitrogen and oxygen atoms in total. The molecule has 1 aromatic rings. The molecule has 3 rings (SSSR count). The molecule has 0 aromatic carbocycles. The second kappa shape index (κ2) is 9.74. The predicted octanol–water partition coefficient (Wildman–Crippen LogP) is 3.52. The van der Waals surface area contributed by atoms with Gasteiger partial charge in [0.2, 0.25) is 0 Å². The van der Waals surface area contributed by atoms with Crippen LogP contribution >= 0.6 is 0 Å². The quantitative estimate of drug-likeness (QED) is 0.786. The molecule has 29 heavy (non-hydrogen) atoms. The van der Waals surface area contributed by atoms with Gasteiger partial charge in [0.15, 0.2) is 0 Å². The zero-order chi connectivity index (χ0) is 20.9. The molecule has 0 spiro atoms. The summed E-state index contributed by atoms with van der Waals surface area (Å²) < 4.78 is 5.30. The highest BCUT2D eigenvalue weighted by atomic mass is 16.5. The van der Waals surface area contributed by atoms with Gasteiger partial charge in [0.1, 0.15) is 11.6 Å². The van der Waals surface area contributed by atoms with E-state index in [0.717, 1.165) is 56.1 Å². The van der Waals surface area contributed by atoms with E-state index in [9.17, 15) is 4.79 Å². The molecule has 2 heterocycles. The molecule has 2 N–H and O–H groups in total. The minimum Gasteiger partial charge on any atom is -0.378 e. The third-order valence-corrected chi connectivity index (χ3v) is 5.82. The van der Waals surface area contributed by atoms with Gasteiger partial charge in [-0.25, -0.2) is 14.8 Å². The number of rotatable bonds is 5. The summed E-state index contributed by atoms with van der Waals surface area (Å²) in [6, 6.07) is 2.59. The molecule has 0 bridgehead atoms. The summed E-state index contributed by atoms with van der Waals surface area (Å²) >= 11 is 0. The van der Waals surface area contributed by atoms with Gasteiger partial charge < -0.3 is 20.3 Å². The largest absolute Gasteiger partial charge is 0.378 e. The van der Waals surface area contributed by atoms with E-state index in [1.807, 2.05) is 6.07 Å². The Morgan fingerprint density at radius 3 is 2.28 bits per heavy atom. The molecule has 0 atom stereocenters. The molecule has 1 saturated carbocycles. The lowest BCUT2D eigenvalue weighted by Crippen LogP contribution is -2.50. The normalized spacial score (nSPS) is 19.2. The van der Waals surface area contributed by atoms with Crippen molar-refractivity contribution in [1.29, 1.82) is 0 Å². The van der Waals surface area contributed by atoms with E-state index >= 15 is 0 Å². The average molecular weight is 404 g/mol. The summed E-state index contributed by atoms with van der Waals surface area (Å²) in [7, 11) is 1.69. The van der Waals surface area contributed by atoms with Gasteiger partial charge in [-0.1, -0.05) is 40.0 Å². The fraction of sp³-hybridized carbons (Fsp3) is 0.773. The number of carbonyl (C=O) groups excluding carboxylic acids is 1. The van der Waals surface area contributed by atoms with Crippen LogP contribution in [0.1, 0.15) is 77.2 Å². The third kappa shape index (κ3) is 6.29. The Labute approximate surface area is 175 Å². The number of nitrogens with zero attached hydrogens (tertiary/aromatic N) is 3. The van der Waals surface area contributed by atoms with Crippen LogP contribution in [0.2, 0.25) is 0 Å². The number of urea groups is 1. The monoisotopic (exact) mass is 403 g/mol. The Balaban J connectivity index is 1.55. The van der Waals surface area contributed by atoms with Crippen molar-refractivity contribution in [2.75, 3.05) is 25.1 Å². The van der Waals surface area contributed by atoms with Gasteiger partial charge >= 0.3 is 6.03 Å². The molecule has 0 unspecified atom stereocenters. The lowest BCUT2D eigenvalue weighted by molar-refractivity contribution is 0.181. The minimum absolute atomic E-state index is 0.00483. The summed E-state index contributed by atoms with van der Waals surface area (Å²) in [5.74, 6) is 1.80. The van der Waals surface area contributed by atoms with E-state index in [2.05, 4.69) is 41.3 Å². The first-order chi connectivity index (χ1) is 13.8. The highest BCUT2D eigenvalue weighted by molar-refractivity contribution is 5.74. The van der Waals surface area contributed by atoms with Crippen molar-refractivity contribution < 1.29 is 9.53 Å². The molecule has 2 aliphatic rings. The third-order valence-electron chi connectivity index (χ3n) is 5.82. The van der Waals surface area contributed by atoms with E-state index in [1.54, 1.807) is 7.11 Å². The first-order valence-electron chi connectivity index (χ1n) is 11.0. The number of methoxy groups -OCH3 is 1. The molecular formula is C22H37N5O2. The minimum atomic E-state index is -0.115. The Morgan fingerprint density at radius 2 is 1.69 bits per heavy atom. The molecule has 1 aromatic heterocycles. The Bertz CT molecular complexity index is 674. The summed E-state index contributed by atoms with van der Waals surface area (Å²) in [5, 5.41) is 6.33. The Hall–Kier alpha value is -1.89. The van der Waals surface area contributed by atoms with Gasteiger partial charge in [0.05, 0.1) is 12.3 Å². The lowest BCUT2D eigenvalue weighted by atomic mass is 9.95. The highest BCUT2D eigenvalue weighted by Crippen LogP contribution is 2.25. The zero-order valence-electron chi connectivity index (χ0n) is 18.5. The fourth-order valence-electron chi connectivity index (χ4n) is 4.11. The van der Waals surface area contributed by atoms with Crippen LogP contribution in [0.25, 0.3) is 0 Å². The number of ether oxygens (including phenoxy) is 1. The van der Waals surface area contributed by atoms with Gasteiger partial charge in [-0.3, -0.25) is 0 Å². The molecule has 162 valence electrons. The summed E-state index contributed by atoms with van der Waals surface area (Å²) in [6.07, 6.45) is 7.82. The number of anilines is 1. The predicted molar refractivity (Wildman–Crippen MR) is 115 cm³/mol. The molecule has 1 aliphatic carbocycles. The van der Waals surface area contributed by atoms with Crippen LogP contribution < -0.4 is 15.5 Å². The van der Waals surface area contributed by atoms with Crippen molar-refractivity contribution in [1.82, 2.24) is 20.6 Å². The SMILES string of the molecule is COCc1cc(N2CCC(NC(=O)NC3CCCCC3)CC2)nc(C(C)(C)C)n1. The molecule has 1 saturated heterocycles. The number of hydrogen-bond donors (Lipinski definition) is 2. The van der Waals surface area contributed by atoms with Gasteiger partial charge in [-0.15, -0.1) is 0 Å². The summed E-state index contributed by atoms with van der Waals surface area (Å²) in [6.45, 7) is 8.62. The Morgan fingerprint density at radius 1 is 1.07 bits per heavy atom. The molecule has 7 heteroatoms. The number of carbonyl (C=O) groups is 1. The standard InChI is InChI=1S/C22H37N5O2/c1-22(2,3)20-23-18(15-29-4)14-19(26-20)27-12-10-17(11-13-27)25-21(28)24-16-8-6-5-7-9-16/h14,16-17H,5-13,15H2,1-4H3,(H2,24,25,28). The fourth-order valence-corrected chi connectivity index (χ4v) is 4.11. The molecule has 2 fully saturated rings. The van der Waals surface area contributed by atoms with Crippen LogP contribution in [0.4, 0.5) is 10.6 Å². The number of aromatic nitrogens is 2. The van der Waals surface area contributed by atoms with E-state index in [-0.39, 0.29) is 17.5 Å². The van der Waals surface area contributed by atoms with E-state index in [4.69, 9.17) is 9.72 Å². The van der Waals surface area contributed by atoms with Crippen molar-refractivity contribution in [2.45, 2.75) is 89.8 Å². The van der Waals surface area contributed by atoms with Crippen LogP contribution in [0.5, 0.6) is 0 Å². The first-order valence-corrected chi connectivity index (χ1v) is 11.0. The van der Waals surface area contributed by atoms with Crippen LogP contribution in [0.3, 0.4) is 0 Å². The van der Waals surface area contributed by atoms with Crippen molar-refractivity contribution in [3.63, 3.8) is 0 Å². The van der Waals surface area contributed by atoms with Crippen LogP contribution in [-0.4, -0.2) is 48.3 Å². The maximum atomic E-state index is 12.3. The topological polar surface area (TPSA) is 79.4 Å². The average Bonchev–Trinajstić information content (AvgIpc) is 2.68. The molecule has 0 radical (unpaired) electrons. The van der Waals surface area contributed by atoms with E-state index < -0.39 is 0 Å². The molecule has 1 aliphatic heterocycles. The van der Waals surface area contributed by atoms with Gasteiger partial charge in [-0.2, -0.15) is 0 Å². The zero-order valence-corrected chi connectivity index (χ0v) is 18.5. The maximum absolute atomic E-state index is 12.3. The lowest BCUT2D eigenvalue weighted by Gasteiger charge is -2.34. The number of nitrogens with one attached hydrogen (secondary N) is 2. The van der Waals surface area contributed by atoms with Crippen molar-refractivity contribution in [3.05, 3.63) is 17.6 Å². The van der Waals surface area contributed by atoms with Crippen LogP contribution in [-0.2, 0) is 16.8 Å². The molecule has 2 amide bonds. The smallest absolute Gasteiger partial charge is 0.315 e. The number of hydrogen-bond acceptors (Lipinski definition) is 5. The summed E-state index contributed by atoms with van der Waals surface area (Å²) in [5.41, 5.74) is 0.796. The molecular weight excluding hydrogens is 366 g/mol. The maximum Gasteiger partial charge on any atom is 0.315 e. The first kappa shape index (κ1) is 21.8. The second-order valence-electron chi connectivity index (χ2n) is 9.44. The van der Waals surface area contributed by atoms with Crippen molar-refractivity contribution >= 4 is 11.8 Å². The van der Waals surface area contributed by atoms with Crippen molar-refractivity contribution in [3.8, 4) is 0 Å². The van der Waals surface area contributed by atoms with Gasteiger partial charge in [0, 0.05) is 43.8 Å². The summed E-state index contributed by atoms with van der Waals surface area (Å²) in [4.78, 5) is 24.1. The van der Waals surface area contributed by atoms with Crippen LogP contribution in [0, 0.1) is 0 Å². The highest BCUT2D eigenvalue weighted by Gasteiger charge is 2.25. The van der Waals surface area contributed by atoms with Crippen LogP contribution in [0.15, 0.2) is 6.07 Å².